The van der Waals surface area contributed by atoms with E-state index in [2.05, 4.69) is 26.6 Å². The largest absolute Gasteiger partial charge is 0.483 e. The Morgan fingerprint density at radius 3 is 2.52 bits per heavy atom. The van der Waals surface area contributed by atoms with E-state index >= 15 is 0 Å². The molecular formula is C24H16BrClFN3O3. The minimum atomic E-state index is -0.625. The van der Waals surface area contributed by atoms with Gasteiger partial charge in [-0.25, -0.2) is 4.39 Å². The van der Waals surface area contributed by atoms with Gasteiger partial charge in [0.25, 0.3) is 11.8 Å². The monoisotopic (exact) mass is 527 g/mol. The summed E-state index contributed by atoms with van der Waals surface area (Å²) in [6.07, 6.45) is 1.36. The molecule has 0 saturated carbocycles. The number of ether oxygens (including phenoxy) is 1. The van der Waals surface area contributed by atoms with Gasteiger partial charge in [0.1, 0.15) is 23.2 Å². The number of anilines is 2. The van der Waals surface area contributed by atoms with Crippen LogP contribution in [0.25, 0.3) is 6.08 Å². The van der Waals surface area contributed by atoms with Gasteiger partial charge in [-0.2, -0.15) is 5.26 Å². The number of nitrogens with one attached hydrogen (secondary N) is 2. The second-order valence-electron chi connectivity index (χ2n) is 6.66. The van der Waals surface area contributed by atoms with Gasteiger partial charge in [-0.15, -0.1) is 0 Å². The maximum absolute atomic E-state index is 13.0. The van der Waals surface area contributed by atoms with Gasteiger partial charge in [-0.3, -0.25) is 9.59 Å². The molecule has 0 spiro atoms. The van der Waals surface area contributed by atoms with E-state index in [0.29, 0.717) is 26.4 Å². The predicted octanol–water partition coefficient (Wildman–Crippen LogP) is 5.80. The minimum absolute atomic E-state index is 0.173. The normalized spacial score (nSPS) is 10.8. The molecule has 2 N–H and O–H groups in total. The Labute approximate surface area is 202 Å². The Balaban J connectivity index is 1.74. The molecule has 0 bridgehead atoms. The van der Waals surface area contributed by atoms with Gasteiger partial charge in [0.15, 0.2) is 6.61 Å². The van der Waals surface area contributed by atoms with E-state index in [1.54, 1.807) is 42.5 Å². The van der Waals surface area contributed by atoms with Crippen LogP contribution in [0.4, 0.5) is 15.8 Å². The molecular weight excluding hydrogens is 513 g/mol. The Hall–Kier alpha value is -3.67. The van der Waals surface area contributed by atoms with E-state index in [4.69, 9.17) is 16.3 Å². The highest BCUT2D eigenvalue weighted by atomic mass is 79.9. The number of amides is 2. The second kappa shape index (κ2) is 11.3. The van der Waals surface area contributed by atoms with Crippen LogP contribution in [-0.4, -0.2) is 18.4 Å². The first-order valence-corrected chi connectivity index (χ1v) is 10.7. The van der Waals surface area contributed by atoms with Crippen molar-refractivity contribution in [2.24, 2.45) is 0 Å². The van der Waals surface area contributed by atoms with Crippen LogP contribution >= 0.6 is 27.5 Å². The fourth-order valence-electron chi connectivity index (χ4n) is 2.71. The highest BCUT2D eigenvalue weighted by Crippen LogP contribution is 2.26. The molecule has 33 heavy (non-hydrogen) atoms. The number of carbonyl (C=O) groups excluding carboxylic acids is 2. The van der Waals surface area contributed by atoms with Crippen LogP contribution < -0.4 is 15.4 Å². The number of nitrogens with zero attached hydrogens (tertiary/aromatic N) is 1. The van der Waals surface area contributed by atoms with E-state index in [-0.39, 0.29) is 17.9 Å². The Morgan fingerprint density at radius 1 is 1.06 bits per heavy atom. The topological polar surface area (TPSA) is 91.2 Å². The van der Waals surface area contributed by atoms with Crippen LogP contribution in [0.2, 0.25) is 5.02 Å². The van der Waals surface area contributed by atoms with Crippen LogP contribution in [0, 0.1) is 17.1 Å². The van der Waals surface area contributed by atoms with Crippen molar-refractivity contribution in [3.63, 3.8) is 0 Å². The molecule has 6 nitrogen and oxygen atoms in total. The molecule has 3 aromatic rings. The zero-order valence-electron chi connectivity index (χ0n) is 16.9. The van der Waals surface area contributed by atoms with E-state index in [0.717, 1.165) is 0 Å². The molecule has 166 valence electrons. The predicted molar refractivity (Wildman–Crippen MR) is 128 cm³/mol. The molecule has 3 rings (SSSR count). The summed E-state index contributed by atoms with van der Waals surface area (Å²) in [4.78, 5) is 24.7. The molecule has 2 amide bonds. The third-order valence-corrected chi connectivity index (χ3v) is 4.93. The smallest absolute Gasteiger partial charge is 0.266 e. The fourth-order valence-corrected chi connectivity index (χ4v) is 3.27. The summed E-state index contributed by atoms with van der Waals surface area (Å²) in [5.74, 6) is -1.21. The fraction of sp³-hybridized carbons (Fsp3) is 0.0417. The molecule has 0 aliphatic rings. The maximum atomic E-state index is 13.0. The van der Waals surface area contributed by atoms with Crippen molar-refractivity contribution in [3.8, 4) is 11.8 Å². The molecule has 0 aliphatic carbocycles. The number of halogens is 3. The van der Waals surface area contributed by atoms with Gasteiger partial charge in [0, 0.05) is 26.4 Å². The average Bonchev–Trinajstić information content (AvgIpc) is 2.78. The molecule has 0 saturated heterocycles. The van der Waals surface area contributed by atoms with Crippen molar-refractivity contribution in [1.82, 2.24) is 0 Å². The summed E-state index contributed by atoms with van der Waals surface area (Å²) in [7, 11) is 0. The van der Waals surface area contributed by atoms with Gasteiger partial charge in [-0.05, 0) is 66.7 Å². The average molecular weight is 529 g/mol. The summed E-state index contributed by atoms with van der Waals surface area (Å²) in [6, 6.07) is 18.7. The molecule has 0 aliphatic heterocycles. The molecule has 0 unspecified atom stereocenters. The SMILES string of the molecule is N#C/C(=C/c1cc(Br)ccc1OCC(=O)Nc1ccc(F)cc1)C(=O)Nc1cccc(Cl)c1. The van der Waals surface area contributed by atoms with Crippen LogP contribution in [0.5, 0.6) is 5.75 Å². The van der Waals surface area contributed by atoms with E-state index in [9.17, 15) is 19.2 Å². The van der Waals surface area contributed by atoms with Crippen molar-refractivity contribution < 1.29 is 18.7 Å². The summed E-state index contributed by atoms with van der Waals surface area (Å²) in [6.45, 7) is -0.337. The lowest BCUT2D eigenvalue weighted by Gasteiger charge is -2.11. The van der Waals surface area contributed by atoms with Gasteiger partial charge >= 0.3 is 0 Å². The summed E-state index contributed by atoms with van der Waals surface area (Å²) in [5, 5.41) is 15.1. The first-order valence-electron chi connectivity index (χ1n) is 9.50. The zero-order valence-corrected chi connectivity index (χ0v) is 19.3. The lowest BCUT2D eigenvalue weighted by molar-refractivity contribution is -0.118. The van der Waals surface area contributed by atoms with Gasteiger partial charge in [-0.1, -0.05) is 33.6 Å². The van der Waals surface area contributed by atoms with Crippen molar-refractivity contribution >= 4 is 56.8 Å². The van der Waals surface area contributed by atoms with Gasteiger partial charge < -0.3 is 15.4 Å². The van der Waals surface area contributed by atoms with E-state index in [1.807, 2.05) is 6.07 Å². The molecule has 3 aromatic carbocycles. The Morgan fingerprint density at radius 2 is 1.82 bits per heavy atom. The highest BCUT2D eigenvalue weighted by molar-refractivity contribution is 9.10. The number of carbonyl (C=O) groups is 2. The van der Waals surface area contributed by atoms with Crippen molar-refractivity contribution in [2.45, 2.75) is 0 Å². The number of benzene rings is 3. The molecule has 0 heterocycles. The third kappa shape index (κ3) is 7.17. The van der Waals surface area contributed by atoms with Crippen molar-refractivity contribution in [3.05, 3.63) is 93.2 Å². The molecule has 9 heteroatoms. The molecule has 0 atom stereocenters. The number of nitriles is 1. The molecule has 0 fully saturated rings. The van der Waals surface area contributed by atoms with E-state index in [1.165, 1.54) is 30.3 Å². The van der Waals surface area contributed by atoms with Crippen molar-refractivity contribution in [1.29, 1.82) is 5.26 Å². The summed E-state index contributed by atoms with van der Waals surface area (Å²) in [5.41, 5.74) is 1.10. The highest BCUT2D eigenvalue weighted by Gasteiger charge is 2.13. The number of hydrogen-bond acceptors (Lipinski definition) is 4. The second-order valence-corrected chi connectivity index (χ2v) is 8.01. The van der Waals surface area contributed by atoms with E-state index < -0.39 is 17.6 Å². The van der Waals surface area contributed by atoms with Gasteiger partial charge in [0.2, 0.25) is 0 Å². The first-order chi connectivity index (χ1) is 15.8. The zero-order chi connectivity index (χ0) is 23.8. The standard InChI is InChI=1S/C24H16BrClFN3O3/c25-17-4-9-22(33-14-23(31)29-20-7-5-19(27)6-8-20)15(11-17)10-16(13-28)24(32)30-21-3-1-2-18(26)12-21/h1-12H,14H2,(H,29,31)(H,30,32)/b16-10-. The quantitative estimate of drug-likeness (QED) is 0.299. The minimum Gasteiger partial charge on any atom is -0.483 e. The summed E-state index contributed by atoms with van der Waals surface area (Å²) >= 11 is 9.27. The van der Waals surface area contributed by atoms with Crippen LogP contribution in [0.1, 0.15) is 5.56 Å². The molecule has 0 radical (unpaired) electrons. The lowest BCUT2D eigenvalue weighted by atomic mass is 10.1. The number of rotatable bonds is 7. The first kappa shape index (κ1) is 24.0. The van der Waals surface area contributed by atoms with Crippen LogP contribution in [-0.2, 0) is 9.59 Å². The number of hydrogen-bond donors (Lipinski definition) is 2. The lowest BCUT2D eigenvalue weighted by Crippen LogP contribution is -2.20. The third-order valence-electron chi connectivity index (χ3n) is 4.21. The summed E-state index contributed by atoms with van der Waals surface area (Å²) < 4.78 is 19.3. The van der Waals surface area contributed by atoms with Gasteiger partial charge in [0.05, 0.1) is 0 Å². The molecule has 0 aromatic heterocycles. The Kier molecular flexibility index (Phi) is 8.19. The van der Waals surface area contributed by atoms with Crippen LogP contribution in [0.3, 0.4) is 0 Å². The van der Waals surface area contributed by atoms with Crippen molar-refractivity contribution in [2.75, 3.05) is 17.2 Å². The Bertz CT molecular complexity index is 1260. The van der Waals surface area contributed by atoms with Crippen LogP contribution in [0.15, 0.2) is 76.8 Å². The maximum Gasteiger partial charge on any atom is 0.266 e.